The Morgan fingerprint density at radius 2 is 2.40 bits per heavy atom. The first kappa shape index (κ1) is 10.6. The molecule has 0 aliphatic carbocycles. The maximum Gasteiger partial charge on any atom is 0.117 e. The molecule has 0 aliphatic heterocycles. The van der Waals surface area contributed by atoms with Gasteiger partial charge in [0.15, 0.2) is 0 Å². The summed E-state index contributed by atoms with van der Waals surface area (Å²) in [5, 5.41) is 7.32. The summed E-state index contributed by atoms with van der Waals surface area (Å²) in [6, 6.07) is 0.181. The van der Waals surface area contributed by atoms with Gasteiger partial charge in [-0.25, -0.2) is 4.98 Å². The zero-order chi connectivity index (χ0) is 10.8. The number of aromatic nitrogens is 3. The van der Waals surface area contributed by atoms with E-state index >= 15 is 0 Å². The molecular weight excluding hydrogens is 230 g/mol. The lowest BCUT2D eigenvalue weighted by atomic mass is 10.3. The molecule has 2 heterocycles. The molecule has 1 unspecified atom stereocenters. The van der Waals surface area contributed by atoms with Crippen LogP contribution in [0.2, 0.25) is 0 Å². The number of nitrogens with zero attached hydrogens (tertiary/aromatic N) is 3. The second-order valence-corrected chi connectivity index (χ2v) is 4.64. The summed E-state index contributed by atoms with van der Waals surface area (Å²) in [5.74, 6) is 0.474. The Hall–Kier alpha value is -0.870. The summed E-state index contributed by atoms with van der Waals surface area (Å²) in [7, 11) is 0. The van der Waals surface area contributed by atoms with Crippen molar-refractivity contribution in [3.05, 3.63) is 34.0 Å². The van der Waals surface area contributed by atoms with Gasteiger partial charge in [0, 0.05) is 11.6 Å². The molecule has 3 nitrogen and oxygen atoms in total. The molecule has 2 aromatic heterocycles. The normalized spacial score (nSPS) is 13.0. The van der Waals surface area contributed by atoms with Gasteiger partial charge in [0.25, 0.3) is 0 Å². The molecule has 0 aromatic carbocycles. The van der Waals surface area contributed by atoms with Gasteiger partial charge >= 0.3 is 0 Å². The highest BCUT2D eigenvalue weighted by Crippen LogP contribution is 2.22. The fourth-order valence-corrected chi connectivity index (χ4v) is 2.43. The minimum absolute atomic E-state index is 0.181. The lowest BCUT2D eigenvalue weighted by Gasteiger charge is -2.07. The third-order valence-corrected chi connectivity index (χ3v) is 3.53. The summed E-state index contributed by atoms with van der Waals surface area (Å²) in [6.07, 6.45) is 3.87. The van der Waals surface area contributed by atoms with Crippen molar-refractivity contribution in [3.63, 3.8) is 0 Å². The van der Waals surface area contributed by atoms with E-state index in [0.29, 0.717) is 5.88 Å². The average molecular weight is 242 g/mol. The summed E-state index contributed by atoms with van der Waals surface area (Å²) in [4.78, 5) is 4.44. The first-order valence-corrected chi connectivity index (χ1v) is 6.13. The van der Waals surface area contributed by atoms with E-state index in [0.717, 1.165) is 16.3 Å². The maximum absolute atomic E-state index is 5.72. The molecule has 0 fully saturated rings. The molecule has 1 atom stereocenters. The first-order chi connectivity index (χ1) is 7.20. The number of alkyl halides is 1. The number of aryl methyl sites for hydroxylation is 1. The van der Waals surface area contributed by atoms with E-state index in [-0.39, 0.29) is 6.04 Å². The second-order valence-electron chi connectivity index (χ2n) is 3.48. The van der Waals surface area contributed by atoms with Crippen molar-refractivity contribution in [1.82, 2.24) is 14.8 Å². The topological polar surface area (TPSA) is 30.7 Å². The highest BCUT2D eigenvalue weighted by Gasteiger charge is 2.12. The number of thiazole rings is 1. The van der Waals surface area contributed by atoms with Gasteiger partial charge < -0.3 is 0 Å². The zero-order valence-electron chi connectivity index (χ0n) is 8.64. The smallest absolute Gasteiger partial charge is 0.117 e. The molecule has 80 valence electrons. The molecule has 0 bridgehead atoms. The van der Waals surface area contributed by atoms with Crippen LogP contribution in [0.3, 0.4) is 0 Å². The summed E-state index contributed by atoms with van der Waals surface area (Å²) >= 11 is 7.35. The Kier molecular flexibility index (Phi) is 3.07. The highest BCUT2D eigenvalue weighted by atomic mass is 35.5. The highest BCUT2D eigenvalue weighted by molar-refractivity contribution is 7.09. The van der Waals surface area contributed by atoms with Gasteiger partial charge in [-0.15, -0.1) is 22.9 Å². The third-order valence-electron chi connectivity index (χ3n) is 2.19. The largest absolute Gasteiger partial charge is 0.263 e. The van der Waals surface area contributed by atoms with E-state index in [9.17, 15) is 0 Å². The molecule has 0 saturated carbocycles. The molecule has 0 N–H and O–H groups in total. The number of hydrogen-bond donors (Lipinski definition) is 0. The number of rotatable bonds is 3. The van der Waals surface area contributed by atoms with Crippen LogP contribution in [-0.2, 0) is 5.88 Å². The van der Waals surface area contributed by atoms with Gasteiger partial charge in [-0.1, -0.05) is 0 Å². The van der Waals surface area contributed by atoms with Gasteiger partial charge in [0.1, 0.15) is 11.0 Å². The van der Waals surface area contributed by atoms with Crippen molar-refractivity contribution in [3.8, 4) is 0 Å². The van der Waals surface area contributed by atoms with Crippen LogP contribution in [0, 0.1) is 6.92 Å². The van der Waals surface area contributed by atoms with Gasteiger partial charge in [-0.05, 0) is 19.4 Å². The summed E-state index contributed by atoms with van der Waals surface area (Å²) in [5.41, 5.74) is 2.10. The first-order valence-electron chi connectivity index (χ1n) is 4.71. The number of halogens is 1. The van der Waals surface area contributed by atoms with Crippen LogP contribution in [0.25, 0.3) is 0 Å². The lowest BCUT2D eigenvalue weighted by Crippen LogP contribution is -2.06. The van der Waals surface area contributed by atoms with Crippen LogP contribution in [0.15, 0.2) is 17.8 Å². The summed E-state index contributed by atoms with van der Waals surface area (Å²) < 4.78 is 1.92. The quantitative estimate of drug-likeness (QED) is 0.774. The Balaban J connectivity index is 2.23. The van der Waals surface area contributed by atoms with Crippen LogP contribution in [0.5, 0.6) is 0 Å². The molecule has 0 radical (unpaired) electrons. The molecule has 2 aromatic rings. The molecule has 0 aliphatic rings. The van der Waals surface area contributed by atoms with Gasteiger partial charge in [-0.3, -0.25) is 4.68 Å². The minimum atomic E-state index is 0.181. The summed E-state index contributed by atoms with van der Waals surface area (Å²) in [6.45, 7) is 4.12. The van der Waals surface area contributed by atoms with Crippen molar-refractivity contribution in [2.45, 2.75) is 25.8 Å². The van der Waals surface area contributed by atoms with Crippen molar-refractivity contribution in [2.75, 3.05) is 0 Å². The van der Waals surface area contributed by atoms with Gasteiger partial charge in [-0.2, -0.15) is 5.10 Å². The predicted molar refractivity (Wildman–Crippen MR) is 62.4 cm³/mol. The molecule has 0 saturated heterocycles. The SMILES string of the molecule is Cc1cnn(C(C)c2nc(CCl)cs2)c1. The van der Waals surface area contributed by atoms with Crippen LogP contribution < -0.4 is 0 Å². The fourth-order valence-electron chi connectivity index (χ4n) is 1.33. The van der Waals surface area contributed by atoms with Crippen LogP contribution in [0.4, 0.5) is 0 Å². The molecule has 2 rings (SSSR count). The van der Waals surface area contributed by atoms with E-state index in [1.165, 1.54) is 0 Å². The monoisotopic (exact) mass is 241 g/mol. The van der Waals surface area contributed by atoms with E-state index in [1.54, 1.807) is 11.3 Å². The Morgan fingerprint density at radius 3 is 2.93 bits per heavy atom. The van der Waals surface area contributed by atoms with E-state index in [2.05, 4.69) is 17.0 Å². The zero-order valence-corrected chi connectivity index (χ0v) is 10.2. The third kappa shape index (κ3) is 2.21. The Labute approximate surface area is 97.7 Å². The lowest BCUT2D eigenvalue weighted by molar-refractivity contribution is 0.560. The molecule has 0 spiro atoms. The second kappa shape index (κ2) is 4.33. The fraction of sp³-hybridized carbons (Fsp3) is 0.400. The van der Waals surface area contributed by atoms with Crippen molar-refractivity contribution < 1.29 is 0 Å². The van der Waals surface area contributed by atoms with Crippen molar-refractivity contribution >= 4 is 22.9 Å². The van der Waals surface area contributed by atoms with Crippen LogP contribution >= 0.6 is 22.9 Å². The van der Waals surface area contributed by atoms with Crippen LogP contribution in [0.1, 0.15) is 29.2 Å². The van der Waals surface area contributed by atoms with Gasteiger partial charge in [0.05, 0.1) is 17.8 Å². The molecule has 5 heteroatoms. The van der Waals surface area contributed by atoms with Gasteiger partial charge in [0.2, 0.25) is 0 Å². The van der Waals surface area contributed by atoms with Crippen molar-refractivity contribution in [1.29, 1.82) is 0 Å². The average Bonchev–Trinajstić information content (AvgIpc) is 2.84. The Morgan fingerprint density at radius 1 is 1.60 bits per heavy atom. The maximum atomic E-state index is 5.72. The molecule has 15 heavy (non-hydrogen) atoms. The van der Waals surface area contributed by atoms with Crippen LogP contribution in [-0.4, -0.2) is 14.8 Å². The van der Waals surface area contributed by atoms with E-state index in [1.807, 2.05) is 29.4 Å². The molecular formula is C10H12ClN3S. The predicted octanol–water partition coefficient (Wildman–Crippen LogP) is 3.00. The number of hydrogen-bond acceptors (Lipinski definition) is 3. The van der Waals surface area contributed by atoms with E-state index < -0.39 is 0 Å². The molecule has 0 amide bonds. The minimum Gasteiger partial charge on any atom is -0.263 e. The van der Waals surface area contributed by atoms with E-state index in [4.69, 9.17) is 11.6 Å². The Bertz CT molecular complexity index is 449. The standard InChI is InChI=1S/C10H12ClN3S/c1-7-4-12-14(5-7)8(2)10-13-9(3-11)6-15-10/h4-6,8H,3H2,1-2H3. The van der Waals surface area contributed by atoms with Crippen molar-refractivity contribution in [2.24, 2.45) is 0 Å².